The molecular formula is C26H27N5O2. The molecule has 0 aliphatic carbocycles. The third-order valence-electron chi connectivity index (χ3n) is 5.96. The van der Waals surface area contributed by atoms with E-state index in [1.807, 2.05) is 53.4 Å². The van der Waals surface area contributed by atoms with E-state index in [2.05, 4.69) is 28.3 Å². The zero-order valence-corrected chi connectivity index (χ0v) is 18.7. The van der Waals surface area contributed by atoms with Crippen molar-refractivity contribution < 1.29 is 9.53 Å². The van der Waals surface area contributed by atoms with Gasteiger partial charge >= 0.3 is 0 Å². The number of nitrogens with one attached hydrogen (secondary N) is 1. The van der Waals surface area contributed by atoms with Gasteiger partial charge in [-0.1, -0.05) is 18.2 Å². The summed E-state index contributed by atoms with van der Waals surface area (Å²) in [6.45, 7) is 3.73. The van der Waals surface area contributed by atoms with Crippen LogP contribution in [0.1, 0.15) is 21.5 Å². The maximum Gasteiger partial charge on any atom is 0.254 e. The van der Waals surface area contributed by atoms with Crippen molar-refractivity contribution in [2.45, 2.75) is 13.0 Å². The molecule has 33 heavy (non-hydrogen) atoms. The highest BCUT2D eigenvalue weighted by atomic mass is 16.5. The van der Waals surface area contributed by atoms with E-state index in [-0.39, 0.29) is 5.91 Å². The van der Waals surface area contributed by atoms with Crippen LogP contribution in [0.2, 0.25) is 0 Å². The normalized spacial score (nSPS) is 17.2. The Labute approximate surface area is 193 Å². The van der Waals surface area contributed by atoms with Crippen molar-refractivity contribution in [1.82, 2.24) is 19.8 Å². The summed E-state index contributed by atoms with van der Waals surface area (Å²) < 4.78 is 5.75. The maximum atomic E-state index is 13.3. The number of aromatic nitrogens is 2. The summed E-state index contributed by atoms with van der Waals surface area (Å²) in [6, 6.07) is 15.9. The molecule has 3 aromatic rings. The number of rotatable bonds is 1. The van der Waals surface area contributed by atoms with E-state index in [9.17, 15) is 4.79 Å². The maximum absolute atomic E-state index is 13.3. The fourth-order valence-electron chi connectivity index (χ4n) is 4.12. The van der Waals surface area contributed by atoms with Gasteiger partial charge in [0.05, 0.1) is 12.0 Å². The van der Waals surface area contributed by atoms with Crippen LogP contribution in [0.3, 0.4) is 0 Å². The first-order valence-electron chi connectivity index (χ1n) is 11.2. The standard InChI is InChI=1S/C26H27N5O2/c1-30-9-11-31(12-10-30)25(32)22-14-19-5-3-13-33-18-20-4-2-6-21(15-20)24-7-8-27-26(29-24)28-23(16-19)17-22/h2-4,6-8,13-17H,5,9-12,18H2,1H3,(H,27,28,29)/b13-3+. The number of carbonyl (C=O) groups excluding carboxylic acids is 1. The van der Waals surface area contributed by atoms with E-state index in [0.29, 0.717) is 24.5 Å². The fraction of sp³-hybridized carbons (Fsp3) is 0.269. The lowest BCUT2D eigenvalue weighted by molar-refractivity contribution is 0.0664. The largest absolute Gasteiger partial charge is 0.497 e. The predicted molar refractivity (Wildman–Crippen MR) is 128 cm³/mol. The van der Waals surface area contributed by atoms with Gasteiger partial charge in [0, 0.05) is 49.2 Å². The van der Waals surface area contributed by atoms with Crippen LogP contribution in [0.4, 0.5) is 11.6 Å². The van der Waals surface area contributed by atoms with E-state index in [0.717, 1.165) is 54.3 Å². The minimum absolute atomic E-state index is 0.0526. The monoisotopic (exact) mass is 441 g/mol. The van der Waals surface area contributed by atoms with E-state index in [4.69, 9.17) is 9.72 Å². The van der Waals surface area contributed by atoms with Gasteiger partial charge in [-0.05, 0) is 61.0 Å². The lowest BCUT2D eigenvalue weighted by Gasteiger charge is -2.32. The third kappa shape index (κ3) is 5.04. The smallest absolute Gasteiger partial charge is 0.254 e. The average Bonchev–Trinajstić information content (AvgIpc) is 2.84. The summed E-state index contributed by atoms with van der Waals surface area (Å²) in [5.41, 5.74) is 5.37. The van der Waals surface area contributed by atoms with Gasteiger partial charge < -0.3 is 19.9 Å². The number of fused-ring (bicyclic) bond motifs is 7. The first kappa shape index (κ1) is 21.2. The molecule has 3 heterocycles. The molecule has 0 unspecified atom stereocenters. The fourth-order valence-corrected chi connectivity index (χ4v) is 4.12. The predicted octanol–water partition coefficient (Wildman–Crippen LogP) is 3.86. The molecule has 0 radical (unpaired) electrons. The number of amides is 1. The zero-order chi connectivity index (χ0) is 22.6. The van der Waals surface area contributed by atoms with Crippen LogP contribution >= 0.6 is 0 Å². The topological polar surface area (TPSA) is 70.6 Å². The van der Waals surface area contributed by atoms with Crippen LogP contribution < -0.4 is 5.32 Å². The quantitative estimate of drug-likeness (QED) is 0.618. The van der Waals surface area contributed by atoms with Gasteiger partial charge in [-0.15, -0.1) is 0 Å². The molecule has 5 rings (SSSR count). The summed E-state index contributed by atoms with van der Waals surface area (Å²) in [4.78, 5) is 26.5. The van der Waals surface area contributed by atoms with Crippen LogP contribution in [0.5, 0.6) is 0 Å². The Bertz CT molecular complexity index is 1180. The number of allylic oxidation sites excluding steroid dienone is 1. The number of benzene rings is 2. The second-order valence-electron chi connectivity index (χ2n) is 8.49. The molecule has 2 aliphatic rings. The molecule has 1 N–H and O–H groups in total. The molecule has 0 atom stereocenters. The highest BCUT2D eigenvalue weighted by Gasteiger charge is 2.21. The number of carbonyl (C=O) groups is 1. The van der Waals surface area contributed by atoms with Crippen molar-refractivity contribution in [3.8, 4) is 11.3 Å². The number of nitrogens with zero attached hydrogens (tertiary/aromatic N) is 4. The van der Waals surface area contributed by atoms with Crippen molar-refractivity contribution >= 4 is 17.5 Å². The molecule has 0 saturated carbocycles. The number of hydrogen-bond acceptors (Lipinski definition) is 6. The summed E-state index contributed by atoms with van der Waals surface area (Å²) in [7, 11) is 2.08. The molecule has 1 saturated heterocycles. The van der Waals surface area contributed by atoms with Gasteiger partial charge in [0.2, 0.25) is 5.95 Å². The van der Waals surface area contributed by atoms with Gasteiger partial charge in [-0.2, -0.15) is 0 Å². The summed E-state index contributed by atoms with van der Waals surface area (Å²) in [5, 5.41) is 3.31. The second kappa shape index (κ2) is 9.42. The summed E-state index contributed by atoms with van der Waals surface area (Å²) in [5.74, 6) is 0.548. The van der Waals surface area contributed by atoms with E-state index in [1.165, 1.54) is 0 Å². The Morgan fingerprint density at radius 2 is 1.91 bits per heavy atom. The molecule has 2 aliphatic heterocycles. The van der Waals surface area contributed by atoms with E-state index >= 15 is 0 Å². The highest BCUT2D eigenvalue weighted by Crippen LogP contribution is 2.24. The number of likely N-dealkylation sites (N-methyl/N-ethyl adjacent to an activating group) is 1. The van der Waals surface area contributed by atoms with Crippen LogP contribution in [0.25, 0.3) is 11.3 Å². The van der Waals surface area contributed by atoms with Gasteiger partial charge in [0.25, 0.3) is 5.91 Å². The molecule has 6 bridgehead atoms. The average molecular weight is 442 g/mol. The minimum atomic E-state index is 0.0526. The lowest BCUT2D eigenvalue weighted by atomic mass is 10.0. The molecule has 2 aromatic carbocycles. The van der Waals surface area contributed by atoms with Gasteiger partial charge in [0.1, 0.15) is 6.61 Å². The Morgan fingerprint density at radius 1 is 1.03 bits per heavy atom. The molecule has 1 fully saturated rings. The van der Waals surface area contributed by atoms with Crippen LogP contribution in [-0.2, 0) is 17.8 Å². The Balaban J connectivity index is 1.49. The number of ether oxygens (including phenoxy) is 1. The molecular weight excluding hydrogens is 414 g/mol. The lowest BCUT2D eigenvalue weighted by Crippen LogP contribution is -2.47. The van der Waals surface area contributed by atoms with Crippen molar-refractivity contribution in [3.05, 3.63) is 83.8 Å². The molecule has 1 aromatic heterocycles. The molecule has 7 heteroatoms. The van der Waals surface area contributed by atoms with Gasteiger partial charge in [-0.3, -0.25) is 4.79 Å². The Kier molecular flexibility index (Phi) is 6.04. The minimum Gasteiger partial charge on any atom is -0.497 e. The van der Waals surface area contributed by atoms with Crippen LogP contribution in [0.15, 0.2) is 67.1 Å². The van der Waals surface area contributed by atoms with E-state index in [1.54, 1.807) is 12.5 Å². The Morgan fingerprint density at radius 3 is 2.79 bits per heavy atom. The number of piperazine rings is 1. The van der Waals surface area contributed by atoms with Crippen molar-refractivity contribution in [1.29, 1.82) is 0 Å². The molecule has 7 nitrogen and oxygen atoms in total. The highest BCUT2D eigenvalue weighted by molar-refractivity contribution is 5.95. The summed E-state index contributed by atoms with van der Waals surface area (Å²) in [6.07, 6.45) is 6.10. The van der Waals surface area contributed by atoms with Gasteiger partial charge in [-0.25, -0.2) is 9.97 Å². The van der Waals surface area contributed by atoms with Crippen LogP contribution in [-0.4, -0.2) is 58.9 Å². The Hall–Kier alpha value is -3.71. The first-order chi connectivity index (χ1) is 16.1. The first-order valence-corrected chi connectivity index (χ1v) is 11.2. The van der Waals surface area contributed by atoms with Crippen LogP contribution in [0, 0.1) is 0 Å². The molecule has 168 valence electrons. The SMILES string of the molecule is CN1CCN(C(=O)c2cc3cc(c2)Nc2nccc(n2)-c2cccc(c2)CO/C=C/C3)CC1. The van der Waals surface area contributed by atoms with Crippen molar-refractivity contribution in [2.75, 3.05) is 38.5 Å². The second-order valence-corrected chi connectivity index (χ2v) is 8.49. The third-order valence-corrected chi connectivity index (χ3v) is 5.96. The van der Waals surface area contributed by atoms with Crippen molar-refractivity contribution in [2.24, 2.45) is 0 Å². The zero-order valence-electron chi connectivity index (χ0n) is 18.7. The molecule has 0 spiro atoms. The number of hydrogen-bond donors (Lipinski definition) is 1. The molecule has 1 amide bonds. The summed E-state index contributed by atoms with van der Waals surface area (Å²) >= 11 is 0. The van der Waals surface area contributed by atoms with Crippen molar-refractivity contribution in [3.63, 3.8) is 0 Å². The number of anilines is 2. The van der Waals surface area contributed by atoms with E-state index < -0.39 is 0 Å². The van der Waals surface area contributed by atoms with Gasteiger partial charge in [0.15, 0.2) is 0 Å².